The maximum absolute atomic E-state index is 12.5. The number of nitrogens with zero attached hydrogens (tertiary/aromatic N) is 5. The molecule has 1 fully saturated rings. The number of nitrogens with one attached hydrogen (secondary N) is 2. The van der Waals surface area contributed by atoms with Gasteiger partial charge in [-0.15, -0.1) is 0 Å². The molecule has 140 valence electrons. The highest BCUT2D eigenvalue weighted by molar-refractivity contribution is 7.90. The number of H-pyrrole nitrogens is 1. The largest absolute Gasteiger partial charge is 0.352 e. The highest BCUT2D eigenvalue weighted by Crippen LogP contribution is 2.34. The highest BCUT2D eigenvalue weighted by atomic mass is 32.2. The first-order chi connectivity index (χ1) is 13.0. The van der Waals surface area contributed by atoms with Gasteiger partial charge in [0.05, 0.1) is 24.1 Å². The van der Waals surface area contributed by atoms with Crippen molar-refractivity contribution in [1.82, 2.24) is 24.9 Å². The van der Waals surface area contributed by atoms with E-state index in [1.165, 1.54) is 0 Å². The second-order valence-electron chi connectivity index (χ2n) is 6.71. The third-order valence-electron chi connectivity index (χ3n) is 5.09. The summed E-state index contributed by atoms with van der Waals surface area (Å²) in [7, 11) is -3.57. The van der Waals surface area contributed by atoms with Crippen LogP contribution in [-0.4, -0.2) is 53.0 Å². The Morgan fingerprint density at radius 2 is 2.22 bits per heavy atom. The summed E-state index contributed by atoms with van der Waals surface area (Å²) >= 11 is 0. The number of sulfonamides is 1. The first-order valence-corrected chi connectivity index (χ1v) is 10.2. The number of nitriles is 1. The number of pyridine rings is 1. The van der Waals surface area contributed by atoms with Gasteiger partial charge in [0.2, 0.25) is 10.0 Å². The van der Waals surface area contributed by atoms with Crippen LogP contribution in [0.2, 0.25) is 0 Å². The summed E-state index contributed by atoms with van der Waals surface area (Å²) in [4.78, 5) is 10.6. The van der Waals surface area contributed by atoms with Gasteiger partial charge < -0.3 is 4.90 Å². The normalized spacial score (nSPS) is 20.8. The minimum Gasteiger partial charge on any atom is -0.352 e. The molecule has 1 aliphatic heterocycles. The zero-order valence-corrected chi connectivity index (χ0v) is 15.6. The van der Waals surface area contributed by atoms with E-state index in [0.29, 0.717) is 18.6 Å². The van der Waals surface area contributed by atoms with E-state index >= 15 is 0 Å². The van der Waals surface area contributed by atoms with Gasteiger partial charge in [-0.2, -0.15) is 10.4 Å². The lowest BCUT2D eigenvalue weighted by molar-refractivity contribution is 0.465. The van der Waals surface area contributed by atoms with Gasteiger partial charge in [-0.25, -0.2) is 23.1 Å². The Hall–Kier alpha value is -2.77. The fourth-order valence-corrected chi connectivity index (χ4v) is 4.96. The smallest absolute Gasteiger partial charge is 0.217 e. The molecule has 0 aliphatic carbocycles. The number of anilines is 1. The molecule has 4 heterocycles. The van der Waals surface area contributed by atoms with Gasteiger partial charge >= 0.3 is 0 Å². The third kappa shape index (κ3) is 3.09. The number of hydrogen-bond acceptors (Lipinski definition) is 7. The molecule has 2 unspecified atom stereocenters. The van der Waals surface area contributed by atoms with Crippen LogP contribution >= 0.6 is 0 Å². The molecule has 0 bridgehead atoms. The van der Waals surface area contributed by atoms with E-state index in [-0.39, 0.29) is 12.6 Å². The SMILES string of the molecule is CC1CCC(S(=O)(=O)NCC#N)CN1c1[nH]ncc2cnc3nccc3c12. The van der Waals surface area contributed by atoms with Crippen molar-refractivity contribution in [2.24, 2.45) is 0 Å². The second kappa shape index (κ2) is 6.75. The number of piperidine rings is 1. The predicted molar refractivity (Wildman–Crippen MR) is 102 cm³/mol. The van der Waals surface area contributed by atoms with Crippen LogP contribution in [0.3, 0.4) is 0 Å². The summed E-state index contributed by atoms with van der Waals surface area (Å²) < 4.78 is 27.4. The fourth-order valence-electron chi connectivity index (χ4n) is 3.65. The quantitative estimate of drug-likeness (QED) is 0.648. The molecule has 9 nitrogen and oxygen atoms in total. The van der Waals surface area contributed by atoms with Crippen LogP contribution in [-0.2, 0) is 10.0 Å². The number of aromatic nitrogens is 4. The van der Waals surface area contributed by atoms with Crippen molar-refractivity contribution in [2.75, 3.05) is 18.0 Å². The molecule has 0 saturated carbocycles. The summed E-state index contributed by atoms with van der Waals surface area (Å²) in [6.45, 7) is 2.17. The summed E-state index contributed by atoms with van der Waals surface area (Å²) in [6, 6.07) is 3.87. The lowest BCUT2D eigenvalue weighted by Gasteiger charge is -2.39. The van der Waals surface area contributed by atoms with Crippen molar-refractivity contribution >= 4 is 37.6 Å². The van der Waals surface area contributed by atoms with Crippen molar-refractivity contribution in [1.29, 1.82) is 5.26 Å². The van der Waals surface area contributed by atoms with E-state index < -0.39 is 15.3 Å². The number of rotatable bonds is 4. The summed E-state index contributed by atoms with van der Waals surface area (Å²) in [5.74, 6) is 0.764. The minimum atomic E-state index is -3.57. The summed E-state index contributed by atoms with van der Waals surface area (Å²) in [5.41, 5.74) is 0.646. The lowest BCUT2D eigenvalue weighted by atomic mass is 10.0. The molecule has 4 rings (SSSR count). The van der Waals surface area contributed by atoms with Crippen LogP contribution in [0.15, 0.2) is 24.7 Å². The molecule has 1 aliphatic rings. The molecule has 0 spiro atoms. The van der Waals surface area contributed by atoms with Gasteiger partial charge in [0, 0.05) is 41.1 Å². The topological polar surface area (TPSA) is 128 Å². The molecule has 27 heavy (non-hydrogen) atoms. The molecule has 10 heteroatoms. The van der Waals surface area contributed by atoms with E-state index in [4.69, 9.17) is 5.26 Å². The Balaban J connectivity index is 1.78. The monoisotopic (exact) mass is 385 g/mol. The van der Waals surface area contributed by atoms with Gasteiger partial charge in [-0.3, -0.25) is 5.10 Å². The van der Waals surface area contributed by atoms with Crippen LogP contribution < -0.4 is 9.62 Å². The van der Waals surface area contributed by atoms with Gasteiger partial charge in [-0.05, 0) is 25.8 Å². The van der Waals surface area contributed by atoms with Gasteiger partial charge in [0.25, 0.3) is 0 Å². The zero-order chi connectivity index (χ0) is 19.0. The lowest BCUT2D eigenvalue weighted by Crippen LogP contribution is -2.50. The van der Waals surface area contributed by atoms with Crippen LogP contribution in [0.5, 0.6) is 0 Å². The van der Waals surface area contributed by atoms with E-state index in [0.717, 1.165) is 28.4 Å². The van der Waals surface area contributed by atoms with E-state index in [1.54, 1.807) is 18.6 Å². The maximum Gasteiger partial charge on any atom is 0.217 e. The van der Waals surface area contributed by atoms with Crippen LogP contribution in [0.1, 0.15) is 19.8 Å². The molecular weight excluding hydrogens is 366 g/mol. The summed E-state index contributed by atoms with van der Waals surface area (Å²) in [5, 5.41) is 18.1. The Kier molecular flexibility index (Phi) is 4.41. The first kappa shape index (κ1) is 17.6. The average Bonchev–Trinajstić information content (AvgIpc) is 3.15. The van der Waals surface area contributed by atoms with Crippen molar-refractivity contribution in [3.8, 4) is 6.07 Å². The standard InChI is InChI=1S/C17H19N7O2S/c1-11-2-3-13(27(25,26)22-7-5-18)10-24(11)17-15-12(9-21-23-17)8-20-16-14(15)4-6-19-16/h4,6,8-9,11,13,22-23H,2-3,7,10H2,1H3. The third-order valence-corrected chi connectivity index (χ3v) is 6.90. The van der Waals surface area contributed by atoms with Gasteiger partial charge in [0.1, 0.15) is 5.82 Å². The predicted octanol–water partition coefficient (Wildman–Crippen LogP) is 1.31. The Labute approximate surface area is 156 Å². The molecule has 0 radical (unpaired) electrons. The Morgan fingerprint density at radius 1 is 1.37 bits per heavy atom. The molecule has 2 N–H and O–H groups in total. The molecule has 2 atom stereocenters. The highest BCUT2D eigenvalue weighted by Gasteiger charge is 2.35. The average molecular weight is 385 g/mol. The molecule has 1 saturated heterocycles. The molecule has 3 aromatic heterocycles. The van der Waals surface area contributed by atoms with Gasteiger partial charge in [-0.1, -0.05) is 0 Å². The van der Waals surface area contributed by atoms with E-state index in [2.05, 4.69) is 31.8 Å². The van der Waals surface area contributed by atoms with Crippen LogP contribution in [0.25, 0.3) is 21.8 Å². The molecule has 3 aromatic rings. The number of fused-ring (bicyclic) bond motifs is 3. The van der Waals surface area contributed by atoms with Crippen LogP contribution in [0.4, 0.5) is 5.82 Å². The number of aromatic amines is 1. The molecule has 0 aromatic carbocycles. The maximum atomic E-state index is 12.5. The summed E-state index contributed by atoms with van der Waals surface area (Å²) in [6.07, 6.45) is 6.41. The van der Waals surface area contributed by atoms with Crippen molar-refractivity contribution in [2.45, 2.75) is 31.1 Å². The molecule has 0 amide bonds. The molecular formula is C17H19N7O2S. The number of hydrogen-bond donors (Lipinski definition) is 2. The fraction of sp³-hybridized carbons (Fsp3) is 0.412. The van der Waals surface area contributed by atoms with Crippen molar-refractivity contribution in [3.05, 3.63) is 24.7 Å². The van der Waals surface area contributed by atoms with E-state index in [1.807, 2.05) is 17.0 Å². The van der Waals surface area contributed by atoms with Crippen molar-refractivity contribution < 1.29 is 8.42 Å². The Bertz CT molecular complexity index is 1140. The van der Waals surface area contributed by atoms with Crippen molar-refractivity contribution in [3.63, 3.8) is 0 Å². The van der Waals surface area contributed by atoms with Gasteiger partial charge in [0.15, 0.2) is 5.65 Å². The second-order valence-corrected chi connectivity index (χ2v) is 8.76. The first-order valence-electron chi connectivity index (χ1n) is 8.70. The van der Waals surface area contributed by atoms with E-state index in [9.17, 15) is 8.42 Å². The Morgan fingerprint density at radius 3 is 3.04 bits per heavy atom. The van der Waals surface area contributed by atoms with Crippen LogP contribution in [0, 0.1) is 11.3 Å². The zero-order valence-electron chi connectivity index (χ0n) is 14.8. The minimum absolute atomic E-state index is 0.141.